The zero-order valence-electron chi connectivity index (χ0n) is 8.32. The minimum Gasteiger partial charge on any atom is -0.225 e. The van der Waals surface area contributed by atoms with Crippen molar-refractivity contribution in [3.05, 3.63) is 29.8 Å². The molecular weight excluding hydrogens is 243 g/mol. The van der Waals surface area contributed by atoms with E-state index in [1.165, 1.54) is 12.1 Å². The van der Waals surface area contributed by atoms with Crippen molar-refractivity contribution in [2.45, 2.75) is 23.9 Å². The van der Waals surface area contributed by atoms with E-state index in [1.54, 1.807) is 0 Å². The van der Waals surface area contributed by atoms with E-state index in [-0.39, 0.29) is 5.56 Å². The molecule has 0 saturated carbocycles. The summed E-state index contributed by atoms with van der Waals surface area (Å²) in [5, 5.41) is 4.84. The van der Waals surface area contributed by atoms with Gasteiger partial charge in [0.1, 0.15) is 0 Å². The first-order chi connectivity index (χ1) is 7.14. The molecule has 0 spiro atoms. The van der Waals surface area contributed by atoms with Crippen LogP contribution in [0.2, 0.25) is 0 Å². The van der Waals surface area contributed by atoms with Crippen LogP contribution in [0.25, 0.3) is 0 Å². The molecule has 3 nitrogen and oxygen atoms in total. The molecule has 16 heavy (non-hydrogen) atoms. The molecule has 0 bridgehead atoms. The highest BCUT2D eigenvalue weighted by atomic mass is 32.2. The van der Waals surface area contributed by atoms with E-state index in [4.69, 9.17) is 5.14 Å². The molecule has 0 aliphatic rings. The number of benzene rings is 1. The van der Waals surface area contributed by atoms with E-state index in [1.807, 2.05) is 0 Å². The van der Waals surface area contributed by atoms with Crippen LogP contribution in [0, 0.1) is 0 Å². The molecule has 0 aliphatic carbocycles. The van der Waals surface area contributed by atoms with Gasteiger partial charge in [0.25, 0.3) is 0 Å². The summed E-state index contributed by atoms with van der Waals surface area (Å²) in [7, 11) is -4.14. The maximum Gasteiger partial charge on any atom is 0.395 e. The van der Waals surface area contributed by atoms with Gasteiger partial charge >= 0.3 is 6.18 Å². The zero-order valence-corrected chi connectivity index (χ0v) is 9.14. The molecule has 1 aromatic rings. The van der Waals surface area contributed by atoms with Gasteiger partial charge in [-0.2, -0.15) is 13.2 Å². The topological polar surface area (TPSA) is 60.2 Å². The van der Waals surface area contributed by atoms with Crippen LogP contribution in [0.3, 0.4) is 0 Å². The summed E-state index contributed by atoms with van der Waals surface area (Å²) in [6.45, 7) is 0.893. The second-order valence-electron chi connectivity index (χ2n) is 3.35. The molecule has 0 radical (unpaired) electrons. The molecule has 1 aromatic carbocycles. The largest absolute Gasteiger partial charge is 0.395 e. The van der Waals surface area contributed by atoms with E-state index in [0.29, 0.717) is 0 Å². The molecule has 1 unspecified atom stereocenters. The van der Waals surface area contributed by atoms with Gasteiger partial charge in [0.2, 0.25) is 10.0 Å². The molecule has 7 heteroatoms. The van der Waals surface area contributed by atoms with Crippen LogP contribution < -0.4 is 5.14 Å². The molecule has 0 fully saturated rings. The molecule has 0 heterocycles. The lowest BCUT2D eigenvalue weighted by molar-refractivity contribution is -0.146. The zero-order chi connectivity index (χ0) is 12.6. The Morgan fingerprint density at radius 3 is 2.19 bits per heavy atom. The Hall–Kier alpha value is -1.08. The van der Waals surface area contributed by atoms with Gasteiger partial charge in [-0.25, -0.2) is 13.6 Å². The summed E-state index contributed by atoms with van der Waals surface area (Å²) in [6.07, 6.45) is -4.50. The lowest BCUT2D eigenvalue weighted by Gasteiger charge is -2.18. The average molecular weight is 253 g/mol. The number of hydrogen-bond donors (Lipinski definition) is 1. The summed E-state index contributed by atoms with van der Waals surface area (Å²) in [6, 6.07) is 4.84. The van der Waals surface area contributed by atoms with Crippen molar-refractivity contribution in [3.63, 3.8) is 0 Å². The van der Waals surface area contributed by atoms with Crippen molar-refractivity contribution >= 4 is 10.0 Å². The first-order valence-electron chi connectivity index (χ1n) is 4.32. The molecule has 0 aromatic heterocycles. The molecule has 2 N–H and O–H groups in total. The van der Waals surface area contributed by atoms with Gasteiger partial charge < -0.3 is 0 Å². The minimum absolute atomic E-state index is 0.336. The molecule has 0 amide bonds. The summed E-state index contributed by atoms with van der Waals surface area (Å²) in [5.41, 5.74) is -0.336. The fraction of sp³-hybridized carbons (Fsp3) is 0.333. The third-order valence-electron chi connectivity index (χ3n) is 2.18. The Morgan fingerprint density at radius 1 is 1.25 bits per heavy atom. The number of rotatable bonds is 2. The quantitative estimate of drug-likeness (QED) is 0.876. The normalized spacial score (nSPS) is 14.8. The van der Waals surface area contributed by atoms with Crippen molar-refractivity contribution in [2.75, 3.05) is 0 Å². The van der Waals surface area contributed by atoms with Crippen LogP contribution >= 0.6 is 0 Å². The first-order valence-corrected chi connectivity index (χ1v) is 5.87. The van der Waals surface area contributed by atoms with Gasteiger partial charge in [0, 0.05) is 0 Å². The Morgan fingerprint density at radius 2 is 1.75 bits per heavy atom. The molecule has 1 rings (SSSR count). The van der Waals surface area contributed by atoms with Gasteiger partial charge in [-0.1, -0.05) is 18.2 Å². The summed E-state index contributed by atoms with van der Waals surface area (Å²) >= 11 is 0. The van der Waals surface area contributed by atoms with Crippen LogP contribution in [0.5, 0.6) is 0 Å². The van der Waals surface area contributed by atoms with Gasteiger partial charge in [0.05, 0.1) is 10.8 Å². The standard InChI is InChI=1S/C9H10F3NO2S/c1-6(9(10,11)12)7-4-2-3-5-8(7)16(13,14)15/h2-6H,1H3,(H2,13,14,15). The number of nitrogens with two attached hydrogens (primary N) is 1. The highest BCUT2D eigenvalue weighted by Gasteiger charge is 2.39. The van der Waals surface area contributed by atoms with Crippen molar-refractivity contribution in [1.82, 2.24) is 0 Å². The third-order valence-corrected chi connectivity index (χ3v) is 3.17. The number of primary sulfonamides is 1. The summed E-state index contributed by atoms with van der Waals surface area (Å²) < 4.78 is 59.6. The van der Waals surface area contributed by atoms with Gasteiger partial charge in [-0.3, -0.25) is 0 Å². The van der Waals surface area contributed by atoms with Crippen LogP contribution in [-0.2, 0) is 10.0 Å². The van der Waals surface area contributed by atoms with E-state index >= 15 is 0 Å². The predicted octanol–water partition coefficient (Wildman–Crippen LogP) is 2.00. The highest BCUT2D eigenvalue weighted by molar-refractivity contribution is 7.89. The Bertz CT molecular complexity index is 482. The van der Waals surface area contributed by atoms with Crippen LogP contribution in [-0.4, -0.2) is 14.6 Å². The SMILES string of the molecule is CC(c1ccccc1S(N)(=O)=O)C(F)(F)F. The van der Waals surface area contributed by atoms with Crippen molar-refractivity contribution in [2.24, 2.45) is 5.14 Å². The molecule has 0 aliphatic heterocycles. The minimum atomic E-state index is -4.50. The van der Waals surface area contributed by atoms with E-state index in [0.717, 1.165) is 19.1 Å². The van der Waals surface area contributed by atoms with Gasteiger partial charge in [-0.15, -0.1) is 0 Å². The molecule has 90 valence electrons. The Kier molecular flexibility index (Phi) is 3.30. The fourth-order valence-corrected chi connectivity index (χ4v) is 2.12. The average Bonchev–Trinajstić information content (AvgIpc) is 2.14. The third kappa shape index (κ3) is 2.73. The van der Waals surface area contributed by atoms with Gasteiger partial charge in [0.15, 0.2) is 0 Å². The van der Waals surface area contributed by atoms with E-state index in [9.17, 15) is 21.6 Å². The van der Waals surface area contributed by atoms with Crippen LogP contribution in [0.4, 0.5) is 13.2 Å². The Labute approximate surface area is 91.1 Å². The number of halogens is 3. The smallest absolute Gasteiger partial charge is 0.225 e. The summed E-state index contributed by atoms with van der Waals surface area (Å²) in [5.74, 6) is -1.87. The second-order valence-corrected chi connectivity index (χ2v) is 4.88. The number of hydrogen-bond acceptors (Lipinski definition) is 2. The summed E-state index contributed by atoms with van der Waals surface area (Å²) in [4.78, 5) is -0.486. The first kappa shape index (κ1) is 13.0. The van der Waals surface area contributed by atoms with E-state index < -0.39 is 27.0 Å². The lowest BCUT2D eigenvalue weighted by atomic mass is 10.0. The van der Waals surface area contributed by atoms with Gasteiger partial charge in [-0.05, 0) is 18.6 Å². The lowest BCUT2D eigenvalue weighted by Crippen LogP contribution is -2.22. The van der Waals surface area contributed by atoms with Crippen molar-refractivity contribution in [3.8, 4) is 0 Å². The highest BCUT2D eigenvalue weighted by Crippen LogP contribution is 2.36. The maximum absolute atomic E-state index is 12.5. The maximum atomic E-state index is 12.5. The van der Waals surface area contributed by atoms with E-state index in [2.05, 4.69) is 0 Å². The number of alkyl halides is 3. The molecular formula is C9H10F3NO2S. The monoisotopic (exact) mass is 253 g/mol. The second kappa shape index (κ2) is 4.06. The van der Waals surface area contributed by atoms with Crippen molar-refractivity contribution in [1.29, 1.82) is 0 Å². The number of sulfonamides is 1. The van der Waals surface area contributed by atoms with Crippen molar-refractivity contribution < 1.29 is 21.6 Å². The molecule has 0 saturated heterocycles. The van der Waals surface area contributed by atoms with Crippen LogP contribution in [0.1, 0.15) is 18.4 Å². The fourth-order valence-electron chi connectivity index (χ4n) is 1.27. The van der Waals surface area contributed by atoms with Crippen LogP contribution in [0.15, 0.2) is 29.2 Å². The molecule has 1 atom stereocenters. The predicted molar refractivity (Wildman–Crippen MR) is 52.3 cm³/mol. The Balaban J connectivity index is 3.36.